The molecule has 4 N–H and O–H groups in total. The van der Waals surface area contributed by atoms with E-state index in [1.165, 1.54) is 17.6 Å². The topological polar surface area (TPSA) is 121 Å². The van der Waals surface area contributed by atoms with E-state index in [2.05, 4.69) is 15.8 Å². The zero-order chi connectivity index (χ0) is 21.3. The molecule has 2 aliphatic heterocycles. The van der Waals surface area contributed by atoms with Crippen molar-refractivity contribution >= 4 is 53.8 Å². The van der Waals surface area contributed by atoms with Crippen LogP contribution in [0.1, 0.15) is 29.7 Å². The van der Waals surface area contributed by atoms with Crippen molar-refractivity contribution in [1.29, 1.82) is 0 Å². The number of carbonyl (C=O) groups excluding carboxylic acids is 2. The molecule has 8 nitrogen and oxygen atoms in total. The van der Waals surface area contributed by atoms with Gasteiger partial charge in [-0.25, -0.2) is 4.98 Å². The van der Waals surface area contributed by atoms with Crippen LogP contribution in [0, 0.1) is 0 Å². The van der Waals surface area contributed by atoms with Crippen molar-refractivity contribution < 1.29 is 19.1 Å². The minimum Gasteiger partial charge on any atom is -0.469 e. The average Bonchev–Trinajstić information content (AvgIpc) is 3.20. The van der Waals surface area contributed by atoms with E-state index < -0.39 is 17.6 Å². The maximum atomic E-state index is 12.6. The van der Waals surface area contributed by atoms with Crippen LogP contribution in [0.5, 0.6) is 0 Å². The number of halogens is 2. The second-order valence-electron chi connectivity index (χ2n) is 7.70. The van der Waals surface area contributed by atoms with Gasteiger partial charge in [-0.05, 0) is 36.6 Å². The van der Waals surface area contributed by atoms with E-state index >= 15 is 0 Å². The lowest BCUT2D eigenvalue weighted by Gasteiger charge is -2.44. The van der Waals surface area contributed by atoms with Crippen molar-refractivity contribution in [3.05, 3.63) is 34.7 Å². The Bertz CT molecular complexity index is 963. The number of rotatable bonds is 4. The lowest BCUT2D eigenvalue weighted by Crippen LogP contribution is -2.52. The molecule has 32 heavy (non-hydrogen) atoms. The number of carbonyl (C=O) groups is 2. The molecule has 0 saturated carbocycles. The number of pyridine rings is 1. The van der Waals surface area contributed by atoms with Crippen LogP contribution < -0.4 is 11.5 Å². The molecule has 0 radical (unpaired) electrons. The number of piperidine rings is 1. The summed E-state index contributed by atoms with van der Waals surface area (Å²) in [5.41, 5.74) is 13.4. The predicted molar refractivity (Wildman–Crippen MR) is 128 cm³/mol. The molecule has 4 rings (SSSR count). The number of nitrogens with zero attached hydrogens (tertiary/aromatic N) is 2. The second-order valence-corrected chi connectivity index (χ2v) is 8.84. The highest BCUT2D eigenvalue weighted by atomic mass is 35.5. The quantitative estimate of drug-likeness (QED) is 0.615. The van der Waals surface area contributed by atoms with E-state index in [9.17, 15) is 9.59 Å². The first-order chi connectivity index (χ1) is 14.4. The summed E-state index contributed by atoms with van der Waals surface area (Å²) >= 11 is 1.74. The fourth-order valence-corrected chi connectivity index (χ4v) is 5.42. The monoisotopic (exact) mass is 502 g/mol. The Morgan fingerprint density at radius 2 is 2.03 bits per heavy atom. The number of amides is 1. The van der Waals surface area contributed by atoms with Crippen molar-refractivity contribution in [3.63, 3.8) is 0 Å². The molecule has 176 valence electrons. The molecule has 0 aromatic carbocycles. The zero-order valence-corrected chi connectivity index (χ0v) is 20.2. The molecule has 1 fully saturated rings. The minimum absolute atomic E-state index is 0. The molecule has 0 bridgehead atoms. The van der Waals surface area contributed by atoms with Gasteiger partial charge in [0, 0.05) is 24.4 Å². The first-order valence-corrected chi connectivity index (χ1v) is 10.8. The summed E-state index contributed by atoms with van der Waals surface area (Å²) < 4.78 is 10.9. The molecular weight excluding hydrogens is 475 g/mol. The maximum absolute atomic E-state index is 12.6. The molecule has 0 aliphatic carbocycles. The normalized spacial score (nSPS) is 17.5. The van der Waals surface area contributed by atoms with Crippen molar-refractivity contribution in [1.82, 2.24) is 9.88 Å². The van der Waals surface area contributed by atoms with E-state index in [1.807, 2.05) is 12.1 Å². The van der Waals surface area contributed by atoms with Crippen LogP contribution in [-0.2, 0) is 31.1 Å². The van der Waals surface area contributed by atoms with Crippen LogP contribution >= 0.6 is 36.2 Å². The number of fused-ring (bicyclic) bond motifs is 2. The van der Waals surface area contributed by atoms with E-state index in [0.717, 1.165) is 17.0 Å². The average molecular weight is 503 g/mol. The molecule has 1 spiro atoms. The summed E-state index contributed by atoms with van der Waals surface area (Å²) in [6.07, 6.45) is 2.14. The van der Waals surface area contributed by atoms with E-state index in [0.29, 0.717) is 38.4 Å². The first-order valence-electron chi connectivity index (χ1n) is 10.0. The van der Waals surface area contributed by atoms with E-state index in [-0.39, 0.29) is 37.1 Å². The molecule has 1 saturated heterocycles. The third kappa shape index (κ3) is 5.18. The highest BCUT2D eigenvalue weighted by molar-refractivity contribution is 7.15. The van der Waals surface area contributed by atoms with Crippen molar-refractivity contribution in [2.75, 3.05) is 32.5 Å². The lowest BCUT2D eigenvalue weighted by molar-refractivity contribution is -0.148. The Hall–Kier alpha value is -1.91. The molecule has 1 amide bonds. The molecule has 2 aromatic heterocycles. The molecule has 4 heterocycles. The SMILES string of the molecule is COC(=O)C[C@H](N)C(=O)N1CCC2(CC1)OCCc1sc(-c3cccc(N)n3)cc12.Cl.Cl. The van der Waals surface area contributed by atoms with Gasteiger partial charge in [-0.15, -0.1) is 36.2 Å². The predicted octanol–water partition coefficient (Wildman–Crippen LogP) is 2.52. The van der Waals surface area contributed by atoms with Gasteiger partial charge in [-0.3, -0.25) is 9.59 Å². The van der Waals surface area contributed by atoms with Crippen LogP contribution in [0.2, 0.25) is 0 Å². The van der Waals surface area contributed by atoms with Crippen molar-refractivity contribution in [3.8, 4) is 10.6 Å². The van der Waals surface area contributed by atoms with E-state index in [1.54, 1.807) is 22.3 Å². The molecule has 0 unspecified atom stereocenters. The van der Waals surface area contributed by atoms with Gasteiger partial charge in [0.05, 0.1) is 42.4 Å². The maximum Gasteiger partial charge on any atom is 0.307 e. The fraction of sp³-hybridized carbons (Fsp3) is 0.476. The van der Waals surface area contributed by atoms with Gasteiger partial charge >= 0.3 is 5.97 Å². The number of thiophene rings is 1. The summed E-state index contributed by atoms with van der Waals surface area (Å²) in [6.45, 7) is 1.73. The molecular formula is C21H28Cl2N4O4S. The van der Waals surface area contributed by atoms with Crippen LogP contribution in [0.25, 0.3) is 10.6 Å². The van der Waals surface area contributed by atoms with Gasteiger partial charge in [-0.1, -0.05) is 6.07 Å². The summed E-state index contributed by atoms with van der Waals surface area (Å²) in [7, 11) is 1.29. The number of nitrogens with two attached hydrogens (primary N) is 2. The number of hydrogen-bond acceptors (Lipinski definition) is 8. The highest BCUT2D eigenvalue weighted by Crippen LogP contribution is 2.46. The fourth-order valence-electron chi connectivity index (χ4n) is 4.22. The summed E-state index contributed by atoms with van der Waals surface area (Å²) in [5, 5.41) is 0. The Kier molecular flexibility index (Phi) is 8.90. The molecule has 2 aliphatic rings. The number of aromatic nitrogens is 1. The van der Waals surface area contributed by atoms with Gasteiger partial charge in [0.1, 0.15) is 5.82 Å². The Labute approximate surface area is 203 Å². The van der Waals surface area contributed by atoms with Gasteiger partial charge in [-0.2, -0.15) is 0 Å². The number of methoxy groups -OCH3 is 1. The second kappa shape index (κ2) is 10.8. The largest absolute Gasteiger partial charge is 0.469 e. The van der Waals surface area contributed by atoms with Gasteiger partial charge in [0.25, 0.3) is 0 Å². The number of hydrogen-bond donors (Lipinski definition) is 2. The smallest absolute Gasteiger partial charge is 0.307 e. The number of anilines is 1. The van der Waals surface area contributed by atoms with Crippen LogP contribution in [0.3, 0.4) is 0 Å². The minimum atomic E-state index is -0.878. The Balaban J connectivity index is 0.00000181. The van der Waals surface area contributed by atoms with Crippen LogP contribution in [0.4, 0.5) is 5.82 Å². The molecule has 1 atom stereocenters. The van der Waals surface area contributed by atoms with Gasteiger partial charge < -0.3 is 25.8 Å². The zero-order valence-electron chi connectivity index (χ0n) is 17.7. The lowest BCUT2D eigenvalue weighted by atomic mass is 9.82. The summed E-state index contributed by atoms with van der Waals surface area (Å²) in [5.74, 6) is -0.202. The number of likely N-dealkylation sites (tertiary alicyclic amines) is 1. The third-order valence-corrected chi connectivity index (χ3v) is 7.06. The van der Waals surface area contributed by atoms with Gasteiger partial charge in [0.15, 0.2) is 0 Å². The van der Waals surface area contributed by atoms with Crippen molar-refractivity contribution in [2.24, 2.45) is 5.73 Å². The van der Waals surface area contributed by atoms with Gasteiger partial charge in [0.2, 0.25) is 5.91 Å². The van der Waals surface area contributed by atoms with Crippen LogP contribution in [-0.4, -0.2) is 54.6 Å². The third-order valence-electron chi connectivity index (χ3n) is 5.84. The Morgan fingerprint density at radius 1 is 1.31 bits per heavy atom. The van der Waals surface area contributed by atoms with Crippen molar-refractivity contribution in [2.45, 2.75) is 37.3 Å². The van der Waals surface area contributed by atoms with Crippen LogP contribution in [0.15, 0.2) is 24.3 Å². The summed E-state index contributed by atoms with van der Waals surface area (Å²) in [4.78, 5) is 32.6. The van der Waals surface area contributed by atoms with E-state index in [4.69, 9.17) is 16.2 Å². The number of ether oxygens (including phenoxy) is 2. The first kappa shape index (κ1) is 26.3. The highest BCUT2D eigenvalue weighted by Gasteiger charge is 2.43. The number of esters is 1. The summed E-state index contributed by atoms with van der Waals surface area (Å²) in [6, 6.07) is 6.94. The molecule has 2 aromatic rings. The number of nitrogen functional groups attached to an aromatic ring is 1. The Morgan fingerprint density at radius 3 is 2.69 bits per heavy atom. The molecule has 11 heteroatoms. The standard InChI is InChI=1S/C21H26N4O4S.2ClH/c1-28-19(26)12-14(22)20(27)25-8-6-21(7-9-25)13-11-17(30-16(13)5-10-29-21)15-3-2-4-18(23)24-15;;/h2-4,11,14H,5-10,12,22H2,1H3,(H2,23,24);2*1H/t14-;;/m0../s1.